The van der Waals surface area contributed by atoms with Crippen LogP contribution in [0.2, 0.25) is 0 Å². The van der Waals surface area contributed by atoms with Gasteiger partial charge in [0.2, 0.25) is 0 Å². The summed E-state index contributed by atoms with van der Waals surface area (Å²) in [6.45, 7) is 6.80. The number of esters is 2. The minimum absolute atomic E-state index is 0.117. The van der Waals surface area contributed by atoms with Gasteiger partial charge in [-0.1, -0.05) is 6.58 Å². The van der Waals surface area contributed by atoms with Gasteiger partial charge in [0.1, 0.15) is 6.61 Å². The first kappa shape index (κ1) is 9.77. The Morgan fingerprint density at radius 2 is 2.31 bits per heavy atom. The molecule has 0 aromatic rings. The van der Waals surface area contributed by atoms with Gasteiger partial charge in [0, 0.05) is 5.57 Å². The standard InChI is InChI=1S/C9H12O4/c1-6(2)8(11)13-9(3)4-7(10)12-5-9/h1,4-5H2,2-3H3/t9-/m1/s1. The largest absolute Gasteiger partial charge is 0.461 e. The highest BCUT2D eigenvalue weighted by atomic mass is 16.6. The summed E-state index contributed by atoms with van der Waals surface area (Å²) in [7, 11) is 0. The Hall–Kier alpha value is -1.32. The van der Waals surface area contributed by atoms with Crippen molar-refractivity contribution in [2.24, 2.45) is 0 Å². The average Bonchev–Trinajstić information content (AvgIpc) is 2.30. The molecule has 0 unspecified atom stereocenters. The van der Waals surface area contributed by atoms with Crippen LogP contribution in [0.3, 0.4) is 0 Å². The number of hydrogen-bond donors (Lipinski definition) is 0. The first-order valence-corrected chi connectivity index (χ1v) is 3.97. The molecule has 1 fully saturated rings. The van der Waals surface area contributed by atoms with Crippen LogP contribution >= 0.6 is 0 Å². The van der Waals surface area contributed by atoms with Crippen LogP contribution in [-0.4, -0.2) is 24.1 Å². The maximum atomic E-state index is 11.1. The Morgan fingerprint density at radius 1 is 1.69 bits per heavy atom. The molecular formula is C9H12O4. The van der Waals surface area contributed by atoms with Crippen molar-refractivity contribution in [3.8, 4) is 0 Å². The highest BCUT2D eigenvalue weighted by molar-refractivity contribution is 5.87. The Bertz CT molecular complexity index is 269. The predicted molar refractivity (Wildman–Crippen MR) is 44.9 cm³/mol. The summed E-state index contributed by atoms with van der Waals surface area (Å²) in [5.41, 5.74) is -0.492. The van der Waals surface area contributed by atoms with Crippen molar-refractivity contribution in [1.29, 1.82) is 0 Å². The minimum atomic E-state index is -0.812. The lowest BCUT2D eigenvalue weighted by molar-refractivity contribution is -0.153. The van der Waals surface area contributed by atoms with Gasteiger partial charge >= 0.3 is 11.9 Å². The smallest absolute Gasteiger partial charge is 0.333 e. The minimum Gasteiger partial charge on any atom is -0.461 e. The zero-order valence-electron chi connectivity index (χ0n) is 7.75. The van der Waals surface area contributed by atoms with Gasteiger partial charge < -0.3 is 9.47 Å². The van der Waals surface area contributed by atoms with Gasteiger partial charge in [-0.15, -0.1) is 0 Å². The Kier molecular flexibility index (Phi) is 2.40. The van der Waals surface area contributed by atoms with Crippen molar-refractivity contribution in [2.75, 3.05) is 6.61 Å². The van der Waals surface area contributed by atoms with Crippen LogP contribution in [0.4, 0.5) is 0 Å². The molecule has 1 rings (SSSR count). The molecule has 0 saturated carbocycles. The fraction of sp³-hybridized carbons (Fsp3) is 0.556. The molecule has 0 aliphatic carbocycles. The zero-order valence-corrected chi connectivity index (χ0v) is 7.75. The van der Waals surface area contributed by atoms with Crippen LogP contribution in [0, 0.1) is 0 Å². The topological polar surface area (TPSA) is 52.6 Å². The third-order valence-corrected chi connectivity index (χ3v) is 1.74. The van der Waals surface area contributed by atoms with Gasteiger partial charge in [-0.2, -0.15) is 0 Å². The molecule has 72 valence electrons. The Balaban J connectivity index is 2.58. The molecule has 0 bridgehead atoms. The lowest BCUT2D eigenvalue weighted by Gasteiger charge is -2.20. The third kappa shape index (κ3) is 2.31. The van der Waals surface area contributed by atoms with E-state index >= 15 is 0 Å². The summed E-state index contributed by atoms with van der Waals surface area (Å²) in [6, 6.07) is 0. The second-order valence-electron chi connectivity index (χ2n) is 3.46. The Labute approximate surface area is 76.5 Å². The molecule has 1 atom stereocenters. The molecule has 0 radical (unpaired) electrons. The molecular weight excluding hydrogens is 172 g/mol. The molecule has 1 aliphatic heterocycles. The molecule has 0 spiro atoms. The third-order valence-electron chi connectivity index (χ3n) is 1.74. The number of carbonyl (C=O) groups is 2. The van der Waals surface area contributed by atoms with Crippen LogP contribution in [0.1, 0.15) is 20.3 Å². The summed E-state index contributed by atoms with van der Waals surface area (Å²) in [5, 5.41) is 0. The lowest BCUT2D eigenvalue weighted by Crippen LogP contribution is -2.32. The number of ether oxygens (including phenoxy) is 2. The predicted octanol–water partition coefficient (Wildman–Crippen LogP) is 0.811. The molecule has 0 aromatic heterocycles. The van der Waals surface area contributed by atoms with E-state index in [0.29, 0.717) is 5.57 Å². The van der Waals surface area contributed by atoms with Gasteiger partial charge in [0.15, 0.2) is 5.60 Å². The SMILES string of the molecule is C=C(C)C(=O)O[C@@]1(C)COC(=O)C1. The number of cyclic esters (lactones) is 1. The number of hydrogen-bond acceptors (Lipinski definition) is 4. The van der Waals surface area contributed by atoms with Gasteiger partial charge in [-0.05, 0) is 13.8 Å². The summed E-state index contributed by atoms with van der Waals surface area (Å²) in [4.78, 5) is 21.9. The quantitative estimate of drug-likeness (QED) is 0.470. The summed E-state index contributed by atoms with van der Waals surface area (Å²) in [6.07, 6.45) is 0.117. The molecule has 1 saturated heterocycles. The highest BCUT2D eigenvalue weighted by Crippen LogP contribution is 2.24. The molecule has 4 nitrogen and oxygen atoms in total. The van der Waals surface area contributed by atoms with Crippen LogP contribution in [0.15, 0.2) is 12.2 Å². The van der Waals surface area contributed by atoms with Crippen molar-refractivity contribution in [3.05, 3.63) is 12.2 Å². The zero-order chi connectivity index (χ0) is 10.1. The number of rotatable bonds is 2. The summed E-state index contributed by atoms with van der Waals surface area (Å²) in [5.74, 6) is -0.821. The molecule has 1 aliphatic rings. The number of carbonyl (C=O) groups excluding carboxylic acids is 2. The molecule has 0 aromatic carbocycles. The van der Waals surface area contributed by atoms with Gasteiger partial charge in [-0.3, -0.25) is 4.79 Å². The monoisotopic (exact) mass is 184 g/mol. The van der Waals surface area contributed by atoms with E-state index in [1.54, 1.807) is 13.8 Å². The Morgan fingerprint density at radius 3 is 2.69 bits per heavy atom. The average molecular weight is 184 g/mol. The first-order chi connectivity index (χ1) is 5.93. The van der Waals surface area contributed by atoms with Gasteiger partial charge in [0.25, 0.3) is 0 Å². The van der Waals surface area contributed by atoms with E-state index in [1.165, 1.54) is 0 Å². The first-order valence-electron chi connectivity index (χ1n) is 3.97. The van der Waals surface area contributed by atoms with E-state index in [0.717, 1.165) is 0 Å². The lowest BCUT2D eigenvalue weighted by atomic mass is 10.1. The fourth-order valence-electron chi connectivity index (χ4n) is 1.02. The van der Waals surface area contributed by atoms with Gasteiger partial charge in [0.05, 0.1) is 6.42 Å². The van der Waals surface area contributed by atoms with Crippen LogP contribution in [0.5, 0.6) is 0 Å². The van der Waals surface area contributed by atoms with Gasteiger partial charge in [-0.25, -0.2) is 4.79 Å². The summed E-state index contributed by atoms with van der Waals surface area (Å²) >= 11 is 0. The maximum Gasteiger partial charge on any atom is 0.333 e. The van der Waals surface area contributed by atoms with Crippen molar-refractivity contribution < 1.29 is 19.1 Å². The second-order valence-corrected chi connectivity index (χ2v) is 3.46. The molecule has 0 N–H and O–H groups in total. The van der Waals surface area contributed by atoms with Crippen molar-refractivity contribution >= 4 is 11.9 Å². The van der Waals surface area contributed by atoms with Crippen molar-refractivity contribution in [3.63, 3.8) is 0 Å². The van der Waals surface area contributed by atoms with E-state index < -0.39 is 11.6 Å². The maximum absolute atomic E-state index is 11.1. The van der Waals surface area contributed by atoms with E-state index in [2.05, 4.69) is 6.58 Å². The van der Waals surface area contributed by atoms with Crippen molar-refractivity contribution in [2.45, 2.75) is 25.9 Å². The molecule has 1 heterocycles. The fourth-order valence-corrected chi connectivity index (χ4v) is 1.02. The summed E-state index contributed by atoms with van der Waals surface area (Å²) < 4.78 is 9.75. The van der Waals surface area contributed by atoms with Crippen LogP contribution < -0.4 is 0 Å². The van der Waals surface area contributed by atoms with Crippen LogP contribution in [0.25, 0.3) is 0 Å². The van der Waals surface area contributed by atoms with Crippen molar-refractivity contribution in [1.82, 2.24) is 0 Å². The van der Waals surface area contributed by atoms with E-state index in [4.69, 9.17) is 9.47 Å². The second kappa shape index (κ2) is 3.20. The van der Waals surface area contributed by atoms with E-state index in [-0.39, 0.29) is 19.0 Å². The van der Waals surface area contributed by atoms with Crippen LogP contribution in [-0.2, 0) is 19.1 Å². The normalized spacial score (nSPS) is 26.8. The highest BCUT2D eigenvalue weighted by Gasteiger charge is 2.39. The molecule has 13 heavy (non-hydrogen) atoms. The molecule has 4 heteroatoms. The molecule has 0 amide bonds. The van der Waals surface area contributed by atoms with E-state index in [1.807, 2.05) is 0 Å². The van der Waals surface area contributed by atoms with E-state index in [9.17, 15) is 9.59 Å².